The molecule has 7 aromatic rings. The molecule has 0 atom stereocenters. The lowest BCUT2D eigenvalue weighted by molar-refractivity contribution is 1.19. The quantitative estimate of drug-likeness (QED) is 0.184. The Hall–Kier alpha value is -6.06. The molecule has 7 rings (SSSR count). The van der Waals surface area contributed by atoms with E-state index in [1.54, 1.807) is 12.2 Å². The average Bonchev–Trinajstić information content (AvgIpc) is 3.45. The predicted octanol–water partition coefficient (Wildman–Crippen LogP) is 11.1. The maximum Gasteiger partial charge on any atom is 0.0619 e. The van der Waals surface area contributed by atoms with Gasteiger partial charge in [-0.2, -0.15) is 0 Å². The number of rotatable bonds is 6. The van der Waals surface area contributed by atoms with Gasteiger partial charge in [-0.05, 0) is 89.7 Å². The van der Waals surface area contributed by atoms with Gasteiger partial charge in [-0.1, -0.05) is 128 Å². The first-order valence-electron chi connectivity index (χ1n) is 15.9. The van der Waals surface area contributed by atoms with Gasteiger partial charge in [0.25, 0.3) is 0 Å². The van der Waals surface area contributed by atoms with Gasteiger partial charge < -0.3 is 16.0 Å². The lowest BCUT2D eigenvalue weighted by atomic mass is 9.94. The molecule has 0 aliphatic rings. The van der Waals surface area contributed by atoms with Crippen molar-refractivity contribution >= 4 is 38.3 Å². The van der Waals surface area contributed by atoms with Gasteiger partial charge in [0.05, 0.1) is 11.0 Å². The van der Waals surface area contributed by atoms with Gasteiger partial charge in [0.15, 0.2) is 0 Å². The standard InChI is InChI=1S/C40H32N2.C4H7N/c1-3-4-18-38(41)35-17-11-10-16-33(35)28-19-22-34-29(25-28)21-24-37-36-23-20-30(32-15-9-8-12-27(32)2)26-39(36)42(40(34)37)31-13-6-5-7-14-31;1-2-3-4-5/h3-26H,41H2,1-2H3;2-4H,1,5H2/b4-3-,38-18-;4-3-. The van der Waals surface area contributed by atoms with E-state index in [2.05, 4.69) is 139 Å². The fourth-order valence-electron chi connectivity index (χ4n) is 6.27. The molecule has 0 radical (unpaired) electrons. The Labute approximate surface area is 277 Å². The summed E-state index contributed by atoms with van der Waals surface area (Å²) < 4.78 is 2.43. The minimum absolute atomic E-state index is 0.757. The van der Waals surface area contributed by atoms with Gasteiger partial charge >= 0.3 is 0 Å². The van der Waals surface area contributed by atoms with E-state index in [0.29, 0.717) is 0 Å². The first kappa shape index (κ1) is 30.9. The minimum Gasteiger partial charge on any atom is -0.405 e. The number of para-hydroxylation sites is 1. The minimum atomic E-state index is 0.757. The van der Waals surface area contributed by atoms with E-state index in [4.69, 9.17) is 11.5 Å². The van der Waals surface area contributed by atoms with Gasteiger partial charge in [-0.3, -0.25) is 0 Å². The van der Waals surface area contributed by atoms with Crippen LogP contribution in [0.5, 0.6) is 0 Å². The van der Waals surface area contributed by atoms with Crippen molar-refractivity contribution in [3.8, 4) is 27.9 Å². The van der Waals surface area contributed by atoms with Crippen LogP contribution in [0.3, 0.4) is 0 Å². The number of nitrogens with two attached hydrogens (primary N) is 2. The molecule has 47 heavy (non-hydrogen) atoms. The largest absolute Gasteiger partial charge is 0.405 e. The van der Waals surface area contributed by atoms with Crippen LogP contribution in [0.25, 0.3) is 66.2 Å². The molecule has 0 saturated carbocycles. The number of fused-ring (bicyclic) bond motifs is 5. The Bertz CT molecular complexity index is 2300. The SMILES string of the molecule is C/C=C\C=C(/N)c1ccccc1-c1ccc2c(ccc3c4ccc(-c5ccccc5C)cc4n(-c4ccccc4)c23)c1.C=C/C=C\N. The molecule has 0 saturated heterocycles. The molecule has 3 heteroatoms. The molecule has 1 heterocycles. The molecule has 230 valence electrons. The van der Waals surface area contributed by atoms with Crippen molar-refractivity contribution in [2.24, 2.45) is 11.5 Å². The number of nitrogens with zero attached hydrogens (tertiary/aromatic N) is 1. The highest BCUT2D eigenvalue weighted by Gasteiger charge is 2.17. The topological polar surface area (TPSA) is 57.0 Å². The Morgan fingerprint density at radius 1 is 0.681 bits per heavy atom. The molecular formula is C44H39N3. The lowest BCUT2D eigenvalue weighted by Crippen LogP contribution is -1.98. The van der Waals surface area contributed by atoms with E-state index < -0.39 is 0 Å². The molecule has 0 bridgehead atoms. The maximum absolute atomic E-state index is 6.50. The van der Waals surface area contributed by atoms with Crippen LogP contribution in [-0.4, -0.2) is 4.57 Å². The van der Waals surface area contributed by atoms with Crippen molar-refractivity contribution in [3.05, 3.63) is 182 Å². The zero-order chi connectivity index (χ0) is 32.8. The van der Waals surface area contributed by atoms with Gasteiger partial charge in [-0.15, -0.1) is 0 Å². The highest BCUT2D eigenvalue weighted by molar-refractivity contribution is 6.19. The van der Waals surface area contributed by atoms with Crippen LogP contribution in [-0.2, 0) is 0 Å². The molecule has 0 aliphatic heterocycles. The molecule has 0 unspecified atom stereocenters. The Balaban J connectivity index is 0.000000720. The molecule has 0 spiro atoms. The fourth-order valence-corrected chi connectivity index (χ4v) is 6.27. The first-order valence-corrected chi connectivity index (χ1v) is 15.9. The molecular weight excluding hydrogens is 571 g/mol. The Morgan fingerprint density at radius 2 is 1.34 bits per heavy atom. The summed E-state index contributed by atoms with van der Waals surface area (Å²) in [6.07, 6.45) is 10.7. The molecule has 0 amide bonds. The van der Waals surface area contributed by atoms with Crippen LogP contribution in [0.1, 0.15) is 18.1 Å². The van der Waals surface area contributed by atoms with Crippen LogP contribution in [0.15, 0.2) is 171 Å². The number of aryl methyl sites for hydroxylation is 1. The molecule has 1 aromatic heterocycles. The molecule has 6 aromatic carbocycles. The summed E-state index contributed by atoms with van der Waals surface area (Å²) in [5.74, 6) is 0. The fraction of sp³-hybridized carbons (Fsp3) is 0.0455. The Morgan fingerprint density at radius 3 is 2.04 bits per heavy atom. The average molecular weight is 610 g/mol. The monoisotopic (exact) mass is 609 g/mol. The number of allylic oxidation sites excluding steroid dienone is 5. The summed E-state index contributed by atoms with van der Waals surface area (Å²) in [5.41, 5.74) is 22.8. The summed E-state index contributed by atoms with van der Waals surface area (Å²) in [7, 11) is 0. The van der Waals surface area contributed by atoms with Gasteiger partial charge in [0.1, 0.15) is 0 Å². The zero-order valence-electron chi connectivity index (χ0n) is 26.9. The van der Waals surface area contributed by atoms with Crippen LogP contribution < -0.4 is 11.5 Å². The van der Waals surface area contributed by atoms with Crippen molar-refractivity contribution in [2.75, 3.05) is 0 Å². The third-order valence-corrected chi connectivity index (χ3v) is 8.48. The van der Waals surface area contributed by atoms with E-state index in [1.165, 1.54) is 55.5 Å². The van der Waals surface area contributed by atoms with E-state index >= 15 is 0 Å². The van der Waals surface area contributed by atoms with Gasteiger partial charge in [0.2, 0.25) is 0 Å². The van der Waals surface area contributed by atoms with Crippen LogP contribution in [0.4, 0.5) is 0 Å². The summed E-state index contributed by atoms with van der Waals surface area (Å²) in [5, 5.41) is 4.93. The van der Waals surface area contributed by atoms with E-state index in [9.17, 15) is 0 Å². The van der Waals surface area contributed by atoms with Gasteiger partial charge in [0, 0.05) is 33.1 Å². The molecule has 4 N–H and O–H groups in total. The third-order valence-electron chi connectivity index (χ3n) is 8.48. The molecule has 0 fully saturated rings. The van der Waals surface area contributed by atoms with Crippen LogP contribution >= 0.6 is 0 Å². The van der Waals surface area contributed by atoms with E-state index in [1.807, 2.05) is 31.2 Å². The van der Waals surface area contributed by atoms with Gasteiger partial charge in [-0.25, -0.2) is 0 Å². The highest BCUT2D eigenvalue weighted by atomic mass is 15.0. The third kappa shape index (κ3) is 6.12. The zero-order valence-corrected chi connectivity index (χ0v) is 26.9. The van der Waals surface area contributed by atoms with Crippen molar-refractivity contribution in [1.29, 1.82) is 0 Å². The van der Waals surface area contributed by atoms with Crippen LogP contribution in [0.2, 0.25) is 0 Å². The number of benzene rings is 6. The predicted molar refractivity (Wildman–Crippen MR) is 204 cm³/mol. The number of aromatic nitrogens is 1. The summed E-state index contributed by atoms with van der Waals surface area (Å²) in [6, 6.07) is 45.9. The van der Waals surface area contributed by atoms with Crippen LogP contribution in [0, 0.1) is 6.92 Å². The van der Waals surface area contributed by atoms with E-state index in [0.717, 1.165) is 28.1 Å². The number of hydrogen-bond acceptors (Lipinski definition) is 2. The second-order valence-electron chi connectivity index (χ2n) is 11.4. The van der Waals surface area contributed by atoms with Crippen molar-refractivity contribution in [2.45, 2.75) is 13.8 Å². The molecule has 0 aliphatic carbocycles. The summed E-state index contributed by atoms with van der Waals surface area (Å²) >= 11 is 0. The number of hydrogen-bond donors (Lipinski definition) is 2. The second-order valence-corrected chi connectivity index (χ2v) is 11.4. The van der Waals surface area contributed by atoms with E-state index in [-0.39, 0.29) is 0 Å². The first-order chi connectivity index (χ1) is 23.0. The Kier molecular flexibility index (Phi) is 9.17. The van der Waals surface area contributed by atoms with Crippen molar-refractivity contribution in [1.82, 2.24) is 4.57 Å². The summed E-state index contributed by atoms with van der Waals surface area (Å²) in [6.45, 7) is 7.56. The van der Waals surface area contributed by atoms with Crippen molar-refractivity contribution in [3.63, 3.8) is 0 Å². The lowest BCUT2D eigenvalue weighted by Gasteiger charge is -2.13. The second kappa shape index (κ2) is 13.9. The molecule has 3 nitrogen and oxygen atoms in total. The smallest absolute Gasteiger partial charge is 0.0619 e. The highest BCUT2D eigenvalue weighted by Crippen LogP contribution is 2.40. The summed E-state index contributed by atoms with van der Waals surface area (Å²) in [4.78, 5) is 0. The van der Waals surface area contributed by atoms with Crippen molar-refractivity contribution < 1.29 is 0 Å². The normalized spacial score (nSPS) is 11.8. The maximum atomic E-state index is 6.50.